The summed E-state index contributed by atoms with van der Waals surface area (Å²) in [5.41, 5.74) is 5.40. The summed E-state index contributed by atoms with van der Waals surface area (Å²) in [7, 11) is 1.66. The number of carbonyl (C=O) groups excluding carboxylic acids is 1. The van der Waals surface area contributed by atoms with E-state index in [0.29, 0.717) is 6.42 Å². The molecule has 0 spiro atoms. The highest BCUT2D eigenvalue weighted by molar-refractivity contribution is 5.81. The largest absolute Gasteiger partial charge is 0.341 e. The van der Waals surface area contributed by atoms with Crippen LogP contribution in [0.4, 0.5) is 0 Å². The number of hydrogen-bond donors (Lipinski definition) is 1. The van der Waals surface area contributed by atoms with Crippen LogP contribution >= 0.6 is 0 Å². The monoisotopic (exact) mass is 169 g/mol. The maximum absolute atomic E-state index is 11.3. The molecule has 0 bridgehead atoms. The number of carbonyl (C=O) groups is 1. The van der Waals surface area contributed by atoms with Crippen molar-refractivity contribution >= 4 is 5.91 Å². The summed E-state index contributed by atoms with van der Waals surface area (Å²) in [5.74, 6) is -0.127. The molecule has 0 aliphatic heterocycles. The molecule has 0 saturated carbocycles. The second-order valence-electron chi connectivity index (χ2n) is 2.95. The van der Waals surface area contributed by atoms with E-state index in [9.17, 15) is 4.79 Å². The quantitative estimate of drug-likeness (QED) is 0.651. The number of likely N-dealkylation sites (N-methyl/N-ethyl adjacent to an activating group) is 1. The van der Waals surface area contributed by atoms with Crippen LogP contribution in [0.5, 0.6) is 0 Å². The van der Waals surface area contributed by atoms with Crippen LogP contribution in [0, 0.1) is 11.3 Å². The Hall–Kier alpha value is -1.08. The van der Waals surface area contributed by atoms with Gasteiger partial charge in [-0.05, 0) is 13.8 Å². The summed E-state index contributed by atoms with van der Waals surface area (Å²) in [5, 5.41) is 8.39. The van der Waals surface area contributed by atoms with Crippen molar-refractivity contribution in [3.63, 3.8) is 0 Å². The zero-order valence-corrected chi connectivity index (χ0v) is 7.74. The fraction of sp³-hybridized carbons (Fsp3) is 0.750. The van der Waals surface area contributed by atoms with E-state index in [2.05, 4.69) is 0 Å². The lowest BCUT2D eigenvalue weighted by Gasteiger charge is -2.24. The minimum atomic E-state index is -0.490. The van der Waals surface area contributed by atoms with E-state index >= 15 is 0 Å². The fourth-order valence-corrected chi connectivity index (χ4v) is 0.807. The fourth-order valence-electron chi connectivity index (χ4n) is 0.807. The smallest absolute Gasteiger partial charge is 0.239 e. The Balaban J connectivity index is 4.11. The van der Waals surface area contributed by atoms with E-state index in [-0.39, 0.29) is 11.9 Å². The molecule has 0 heterocycles. The summed E-state index contributed by atoms with van der Waals surface area (Å²) in [6, 6.07) is 1.46. The topological polar surface area (TPSA) is 70.1 Å². The number of rotatable bonds is 3. The van der Waals surface area contributed by atoms with E-state index in [0.717, 1.165) is 0 Å². The van der Waals surface area contributed by atoms with Gasteiger partial charge in [0, 0.05) is 13.1 Å². The number of amides is 1. The van der Waals surface area contributed by atoms with Crippen molar-refractivity contribution < 1.29 is 4.79 Å². The Bertz CT molecular complexity index is 195. The summed E-state index contributed by atoms with van der Waals surface area (Å²) >= 11 is 0. The number of nitrogens with two attached hydrogens (primary N) is 1. The highest BCUT2D eigenvalue weighted by Crippen LogP contribution is 2.01. The van der Waals surface area contributed by atoms with Crippen LogP contribution < -0.4 is 5.73 Å². The molecule has 1 amide bonds. The third kappa shape index (κ3) is 2.89. The van der Waals surface area contributed by atoms with Gasteiger partial charge in [-0.3, -0.25) is 4.79 Å². The van der Waals surface area contributed by atoms with Gasteiger partial charge in [0.15, 0.2) is 0 Å². The second-order valence-corrected chi connectivity index (χ2v) is 2.95. The molecule has 1 unspecified atom stereocenters. The Morgan fingerprint density at radius 1 is 1.67 bits per heavy atom. The Morgan fingerprint density at radius 3 is 2.50 bits per heavy atom. The Labute approximate surface area is 72.9 Å². The Kier molecular flexibility index (Phi) is 4.30. The molecule has 0 aromatic carbocycles. The molecule has 0 saturated heterocycles. The second kappa shape index (κ2) is 4.73. The van der Waals surface area contributed by atoms with Gasteiger partial charge in [-0.15, -0.1) is 0 Å². The lowest BCUT2D eigenvalue weighted by atomic mass is 10.2. The highest BCUT2D eigenvalue weighted by Gasteiger charge is 2.17. The van der Waals surface area contributed by atoms with Gasteiger partial charge < -0.3 is 10.6 Å². The van der Waals surface area contributed by atoms with E-state index in [1.807, 2.05) is 13.0 Å². The average Bonchev–Trinajstić information content (AvgIpc) is 2.02. The first-order chi connectivity index (χ1) is 5.50. The molecule has 0 rings (SSSR count). The lowest BCUT2D eigenvalue weighted by molar-refractivity contribution is -0.132. The van der Waals surface area contributed by atoms with Gasteiger partial charge in [0.2, 0.25) is 5.91 Å². The van der Waals surface area contributed by atoms with E-state index in [1.165, 1.54) is 4.90 Å². The predicted molar refractivity (Wildman–Crippen MR) is 46.1 cm³/mol. The van der Waals surface area contributed by atoms with Crippen LogP contribution in [0.15, 0.2) is 0 Å². The summed E-state index contributed by atoms with van der Waals surface area (Å²) in [6.07, 6.45) is 0.342. The van der Waals surface area contributed by atoms with Crippen molar-refractivity contribution in [2.45, 2.75) is 32.4 Å². The van der Waals surface area contributed by atoms with Gasteiger partial charge >= 0.3 is 0 Å². The maximum atomic E-state index is 11.3. The first-order valence-corrected chi connectivity index (χ1v) is 3.90. The molecule has 0 aromatic rings. The third-order valence-electron chi connectivity index (χ3n) is 1.79. The van der Waals surface area contributed by atoms with Gasteiger partial charge in [0.05, 0.1) is 18.5 Å². The SMILES string of the molecule is CC(CC#N)N(C)C(=O)[C@H](C)N. The van der Waals surface area contributed by atoms with Crippen molar-refractivity contribution in [1.82, 2.24) is 4.90 Å². The molecule has 2 atom stereocenters. The van der Waals surface area contributed by atoms with Crippen LogP contribution in [0.2, 0.25) is 0 Å². The number of hydrogen-bond acceptors (Lipinski definition) is 3. The minimum absolute atomic E-state index is 0.0616. The van der Waals surface area contributed by atoms with Crippen molar-refractivity contribution in [1.29, 1.82) is 5.26 Å². The number of nitriles is 1. The van der Waals surface area contributed by atoms with Crippen LogP contribution in [0.3, 0.4) is 0 Å². The minimum Gasteiger partial charge on any atom is -0.341 e. The summed E-state index contributed by atoms with van der Waals surface area (Å²) in [6.45, 7) is 3.46. The standard InChI is InChI=1S/C8H15N3O/c1-6(4-5-9)11(3)8(12)7(2)10/h6-7H,4,10H2,1-3H3/t6?,7-/m0/s1. The Morgan fingerprint density at radius 2 is 2.17 bits per heavy atom. The third-order valence-corrected chi connectivity index (χ3v) is 1.79. The van der Waals surface area contributed by atoms with Crippen LogP contribution in [0.25, 0.3) is 0 Å². The van der Waals surface area contributed by atoms with E-state index in [1.54, 1.807) is 14.0 Å². The molecule has 68 valence electrons. The van der Waals surface area contributed by atoms with Crippen LogP contribution in [-0.2, 0) is 4.79 Å². The molecular formula is C8H15N3O. The zero-order valence-electron chi connectivity index (χ0n) is 7.74. The van der Waals surface area contributed by atoms with E-state index < -0.39 is 6.04 Å². The van der Waals surface area contributed by atoms with Crippen LogP contribution in [0.1, 0.15) is 20.3 Å². The number of nitrogens with zero attached hydrogens (tertiary/aromatic N) is 2. The van der Waals surface area contributed by atoms with Crippen molar-refractivity contribution in [3.8, 4) is 6.07 Å². The van der Waals surface area contributed by atoms with Gasteiger partial charge in [0.1, 0.15) is 0 Å². The normalized spacial score (nSPS) is 14.6. The van der Waals surface area contributed by atoms with Gasteiger partial charge in [0.25, 0.3) is 0 Å². The van der Waals surface area contributed by atoms with Crippen molar-refractivity contribution in [2.24, 2.45) is 5.73 Å². The molecule has 4 nitrogen and oxygen atoms in total. The van der Waals surface area contributed by atoms with Crippen LogP contribution in [-0.4, -0.2) is 29.9 Å². The summed E-state index contributed by atoms with van der Waals surface area (Å²) in [4.78, 5) is 12.8. The maximum Gasteiger partial charge on any atom is 0.239 e. The molecule has 0 aromatic heterocycles. The molecule has 12 heavy (non-hydrogen) atoms. The van der Waals surface area contributed by atoms with Gasteiger partial charge in [-0.1, -0.05) is 0 Å². The molecule has 0 aliphatic rings. The lowest BCUT2D eigenvalue weighted by Crippen LogP contribution is -2.43. The molecular weight excluding hydrogens is 154 g/mol. The molecule has 0 fully saturated rings. The zero-order chi connectivity index (χ0) is 9.72. The van der Waals surface area contributed by atoms with Crippen molar-refractivity contribution in [3.05, 3.63) is 0 Å². The first kappa shape index (κ1) is 10.9. The van der Waals surface area contributed by atoms with Crippen molar-refractivity contribution in [2.75, 3.05) is 7.05 Å². The molecule has 4 heteroatoms. The first-order valence-electron chi connectivity index (χ1n) is 3.90. The molecule has 0 radical (unpaired) electrons. The molecule has 0 aliphatic carbocycles. The van der Waals surface area contributed by atoms with E-state index in [4.69, 9.17) is 11.0 Å². The summed E-state index contributed by atoms with van der Waals surface area (Å²) < 4.78 is 0. The molecule has 2 N–H and O–H groups in total. The predicted octanol–water partition coefficient (Wildman–Crippen LogP) is 0.0942. The highest BCUT2D eigenvalue weighted by atomic mass is 16.2. The van der Waals surface area contributed by atoms with Gasteiger partial charge in [-0.2, -0.15) is 5.26 Å². The average molecular weight is 169 g/mol. The van der Waals surface area contributed by atoms with Gasteiger partial charge in [-0.25, -0.2) is 0 Å².